The van der Waals surface area contributed by atoms with Crippen LogP contribution in [-0.2, 0) is 11.2 Å². The van der Waals surface area contributed by atoms with E-state index in [1.165, 1.54) is 11.8 Å². The molecule has 0 fully saturated rings. The van der Waals surface area contributed by atoms with E-state index >= 15 is 0 Å². The number of nitrogens with one attached hydrogen (secondary N) is 1. The predicted molar refractivity (Wildman–Crippen MR) is 124 cm³/mol. The summed E-state index contributed by atoms with van der Waals surface area (Å²) in [6, 6.07) is 10.2. The summed E-state index contributed by atoms with van der Waals surface area (Å²) >= 11 is 7.97. The van der Waals surface area contributed by atoms with E-state index < -0.39 is 12.1 Å². The van der Waals surface area contributed by atoms with Gasteiger partial charge in [-0.1, -0.05) is 24.6 Å². The SMILES string of the molecule is CCOc1nc(Sc2ccc3nc(C)ccc3c2)nc2[nH]c(CC)c(Cl)c12.O=C(O)C(F)(F)F. The van der Waals surface area contributed by atoms with E-state index in [1.54, 1.807) is 0 Å². The van der Waals surface area contributed by atoms with Crippen LogP contribution in [-0.4, -0.2) is 43.8 Å². The fraction of sp³-hybridized carbons (Fsp3) is 0.273. The van der Waals surface area contributed by atoms with Crippen LogP contribution in [0.1, 0.15) is 25.2 Å². The van der Waals surface area contributed by atoms with E-state index in [0.29, 0.717) is 28.3 Å². The lowest BCUT2D eigenvalue weighted by molar-refractivity contribution is -0.192. The smallest absolute Gasteiger partial charge is 0.477 e. The third-order valence-electron chi connectivity index (χ3n) is 4.50. The summed E-state index contributed by atoms with van der Waals surface area (Å²) in [6.45, 7) is 6.48. The van der Waals surface area contributed by atoms with Crippen LogP contribution in [0.15, 0.2) is 40.4 Å². The Bertz CT molecular complexity index is 1340. The van der Waals surface area contributed by atoms with Gasteiger partial charge in [0.2, 0.25) is 5.88 Å². The molecule has 3 aromatic heterocycles. The third-order valence-corrected chi connectivity index (χ3v) is 5.77. The van der Waals surface area contributed by atoms with Crippen LogP contribution in [0.5, 0.6) is 5.88 Å². The number of pyridine rings is 1. The lowest BCUT2D eigenvalue weighted by Crippen LogP contribution is -2.21. The van der Waals surface area contributed by atoms with Crippen molar-refractivity contribution in [2.75, 3.05) is 6.61 Å². The molecule has 0 amide bonds. The van der Waals surface area contributed by atoms with E-state index in [4.69, 9.17) is 26.2 Å². The van der Waals surface area contributed by atoms with Crippen molar-refractivity contribution in [3.63, 3.8) is 0 Å². The number of aliphatic carboxylic acids is 1. The Labute approximate surface area is 201 Å². The van der Waals surface area contributed by atoms with Gasteiger partial charge in [0.15, 0.2) is 5.16 Å². The van der Waals surface area contributed by atoms with Crippen molar-refractivity contribution in [1.29, 1.82) is 0 Å². The molecule has 4 rings (SSSR count). The number of nitrogens with zero attached hydrogens (tertiary/aromatic N) is 3. The van der Waals surface area contributed by atoms with E-state index in [-0.39, 0.29) is 0 Å². The Morgan fingerprint density at radius 2 is 1.88 bits per heavy atom. The molecule has 0 bridgehead atoms. The number of H-pyrrole nitrogens is 1. The summed E-state index contributed by atoms with van der Waals surface area (Å²) in [5.41, 5.74) is 3.63. The van der Waals surface area contributed by atoms with Crippen molar-refractivity contribution < 1.29 is 27.8 Å². The molecule has 1 aromatic carbocycles. The average molecular weight is 513 g/mol. The van der Waals surface area contributed by atoms with E-state index in [9.17, 15) is 13.2 Å². The normalized spacial score (nSPS) is 11.4. The van der Waals surface area contributed by atoms with Gasteiger partial charge < -0.3 is 14.8 Å². The first-order chi connectivity index (χ1) is 16.0. The van der Waals surface area contributed by atoms with Crippen molar-refractivity contribution in [3.8, 4) is 5.88 Å². The van der Waals surface area contributed by atoms with E-state index in [0.717, 1.165) is 39.0 Å². The quantitative estimate of drug-likeness (QED) is 0.306. The summed E-state index contributed by atoms with van der Waals surface area (Å²) in [5.74, 6) is -2.24. The van der Waals surface area contributed by atoms with Crippen molar-refractivity contribution in [3.05, 3.63) is 46.7 Å². The summed E-state index contributed by atoms with van der Waals surface area (Å²) in [7, 11) is 0. The monoisotopic (exact) mass is 512 g/mol. The lowest BCUT2D eigenvalue weighted by Gasteiger charge is -2.07. The molecule has 0 unspecified atom stereocenters. The topological polar surface area (TPSA) is 101 Å². The van der Waals surface area contributed by atoms with Gasteiger partial charge in [-0.15, -0.1) is 0 Å². The minimum Gasteiger partial charge on any atom is -0.477 e. The summed E-state index contributed by atoms with van der Waals surface area (Å²) in [6.07, 6.45) is -4.29. The maximum atomic E-state index is 10.6. The number of carbonyl (C=O) groups is 1. The number of carboxylic acid groups (broad SMARTS) is 1. The number of benzene rings is 1. The zero-order chi connectivity index (χ0) is 25.0. The van der Waals surface area contributed by atoms with Gasteiger partial charge in [0.05, 0.1) is 22.5 Å². The number of aromatic amines is 1. The van der Waals surface area contributed by atoms with E-state index in [2.05, 4.69) is 32.1 Å². The maximum Gasteiger partial charge on any atom is 0.490 e. The van der Waals surface area contributed by atoms with Crippen LogP contribution in [0.3, 0.4) is 0 Å². The Morgan fingerprint density at radius 3 is 2.50 bits per heavy atom. The standard InChI is InChI=1S/C20H19ClN4OS.C2HF3O2/c1-4-14-17(21)16-18(23-14)24-20(25-19(16)26-5-2)27-13-8-9-15-12(10-13)7-6-11(3)22-15;3-2(4,5)1(6)7/h6-10H,4-5H2,1-3H3,(H,23,24,25);(H,6,7). The van der Waals surface area contributed by atoms with Gasteiger partial charge in [-0.3, -0.25) is 4.98 Å². The van der Waals surface area contributed by atoms with Gasteiger partial charge in [0, 0.05) is 21.7 Å². The van der Waals surface area contributed by atoms with Crippen LogP contribution in [0.2, 0.25) is 5.02 Å². The Hall–Kier alpha value is -3.05. The number of carboxylic acids is 1. The number of halogens is 4. The van der Waals surface area contributed by atoms with Crippen molar-refractivity contribution >= 4 is 51.3 Å². The second-order valence-electron chi connectivity index (χ2n) is 6.95. The van der Waals surface area contributed by atoms with Gasteiger partial charge in [-0.2, -0.15) is 18.2 Å². The zero-order valence-corrected chi connectivity index (χ0v) is 19.9. The first-order valence-corrected chi connectivity index (χ1v) is 11.3. The second kappa shape index (κ2) is 10.5. The first kappa shape index (κ1) is 25.6. The molecular weight excluding hydrogens is 493 g/mol. The van der Waals surface area contributed by atoms with Crippen LogP contribution in [0.25, 0.3) is 21.9 Å². The molecular formula is C22H20ClF3N4O3S. The van der Waals surface area contributed by atoms with E-state index in [1.807, 2.05) is 39.0 Å². The number of hydrogen-bond donors (Lipinski definition) is 2. The molecule has 4 aromatic rings. The number of fused-ring (bicyclic) bond motifs is 2. The van der Waals surface area contributed by atoms with Crippen molar-refractivity contribution in [1.82, 2.24) is 19.9 Å². The minimum atomic E-state index is -5.08. The Morgan fingerprint density at radius 1 is 1.18 bits per heavy atom. The molecule has 0 aliphatic rings. The molecule has 34 heavy (non-hydrogen) atoms. The van der Waals surface area contributed by atoms with Gasteiger partial charge in [0.25, 0.3) is 0 Å². The number of hydrogen-bond acceptors (Lipinski definition) is 6. The minimum absolute atomic E-state index is 0.514. The number of aryl methyl sites for hydroxylation is 2. The van der Waals surface area contributed by atoms with Crippen LogP contribution in [0, 0.1) is 6.92 Å². The zero-order valence-electron chi connectivity index (χ0n) is 18.3. The molecule has 0 saturated carbocycles. The molecule has 0 aliphatic heterocycles. The molecule has 3 heterocycles. The number of ether oxygens (including phenoxy) is 1. The summed E-state index contributed by atoms with van der Waals surface area (Å²) in [4.78, 5) is 27.0. The van der Waals surface area contributed by atoms with Crippen LogP contribution in [0.4, 0.5) is 13.2 Å². The Kier molecular flexibility index (Phi) is 7.88. The second-order valence-corrected chi connectivity index (χ2v) is 8.37. The lowest BCUT2D eigenvalue weighted by atomic mass is 10.2. The molecule has 2 N–H and O–H groups in total. The molecule has 0 atom stereocenters. The highest BCUT2D eigenvalue weighted by Gasteiger charge is 2.38. The third kappa shape index (κ3) is 5.89. The largest absolute Gasteiger partial charge is 0.490 e. The maximum absolute atomic E-state index is 10.6. The molecule has 0 radical (unpaired) electrons. The van der Waals surface area contributed by atoms with Crippen LogP contribution < -0.4 is 4.74 Å². The number of rotatable bonds is 5. The molecule has 180 valence electrons. The number of aromatic nitrogens is 4. The Balaban J connectivity index is 0.000000406. The van der Waals surface area contributed by atoms with Crippen molar-refractivity contribution in [2.24, 2.45) is 0 Å². The molecule has 12 heteroatoms. The predicted octanol–water partition coefficient (Wildman–Crippen LogP) is 6.21. The van der Waals surface area contributed by atoms with Crippen LogP contribution >= 0.6 is 23.4 Å². The molecule has 7 nitrogen and oxygen atoms in total. The molecule has 0 saturated heterocycles. The first-order valence-electron chi connectivity index (χ1n) is 10.1. The highest BCUT2D eigenvalue weighted by Crippen LogP contribution is 2.36. The van der Waals surface area contributed by atoms with Gasteiger partial charge in [-0.25, -0.2) is 9.78 Å². The molecule has 0 spiro atoms. The van der Waals surface area contributed by atoms with Crippen molar-refractivity contribution in [2.45, 2.75) is 43.4 Å². The summed E-state index contributed by atoms with van der Waals surface area (Å²) < 4.78 is 37.5. The average Bonchev–Trinajstić information content (AvgIpc) is 3.09. The fourth-order valence-corrected chi connectivity index (χ4v) is 4.11. The highest BCUT2D eigenvalue weighted by molar-refractivity contribution is 7.99. The van der Waals surface area contributed by atoms with Gasteiger partial charge in [-0.05, 0) is 56.3 Å². The molecule has 0 aliphatic carbocycles. The number of alkyl halides is 3. The summed E-state index contributed by atoms with van der Waals surface area (Å²) in [5, 5.41) is 10.2. The van der Waals surface area contributed by atoms with Gasteiger partial charge >= 0.3 is 12.1 Å². The van der Waals surface area contributed by atoms with Gasteiger partial charge in [0.1, 0.15) is 5.65 Å². The highest BCUT2D eigenvalue weighted by atomic mass is 35.5. The fourth-order valence-electron chi connectivity index (χ4n) is 2.96.